The van der Waals surface area contributed by atoms with E-state index in [1.807, 2.05) is 63.2 Å². The van der Waals surface area contributed by atoms with Gasteiger partial charge in [-0.05, 0) is 67.8 Å². The Kier molecular flexibility index (Phi) is 6.59. The molecule has 34 heavy (non-hydrogen) atoms. The molecule has 172 valence electrons. The quantitative estimate of drug-likeness (QED) is 0.533. The van der Waals surface area contributed by atoms with E-state index in [0.29, 0.717) is 17.1 Å². The molecule has 0 aliphatic carbocycles. The second kappa shape index (κ2) is 9.75. The monoisotopic (exact) mass is 453 g/mol. The van der Waals surface area contributed by atoms with E-state index in [1.54, 1.807) is 30.3 Å². The minimum atomic E-state index is -0.975. The molecule has 0 spiro atoms. The van der Waals surface area contributed by atoms with Crippen LogP contribution in [0.1, 0.15) is 28.7 Å². The van der Waals surface area contributed by atoms with Gasteiger partial charge >= 0.3 is 0 Å². The second-order valence-electron chi connectivity index (χ2n) is 8.53. The number of nitrogens with one attached hydrogen (secondary N) is 2. The number of aryl methyl sites for hydroxylation is 3. The molecular weight excluding hydrogens is 426 g/mol. The second-order valence-corrected chi connectivity index (χ2v) is 8.53. The summed E-state index contributed by atoms with van der Waals surface area (Å²) >= 11 is 0. The summed E-state index contributed by atoms with van der Waals surface area (Å²) in [6, 6.07) is 19.5. The summed E-state index contributed by atoms with van der Waals surface area (Å²) in [6.07, 6.45) is 2.98. The summed E-state index contributed by atoms with van der Waals surface area (Å²) in [7, 11) is 0. The molecule has 0 bridgehead atoms. The fourth-order valence-corrected chi connectivity index (χ4v) is 3.88. The van der Waals surface area contributed by atoms with Crippen LogP contribution in [-0.2, 0) is 14.4 Å². The number of carbonyl (C=O) groups excluding carboxylic acids is 3. The van der Waals surface area contributed by atoms with Crippen molar-refractivity contribution >= 4 is 40.9 Å². The minimum absolute atomic E-state index is 0.169. The highest BCUT2D eigenvalue weighted by molar-refractivity contribution is 6.16. The number of hydrogen-bond acceptors (Lipinski definition) is 3. The van der Waals surface area contributed by atoms with E-state index in [0.717, 1.165) is 22.3 Å². The molecule has 0 radical (unpaired) electrons. The lowest BCUT2D eigenvalue weighted by Crippen LogP contribution is -2.52. The molecule has 3 amide bonds. The summed E-state index contributed by atoms with van der Waals surface area (Å²) < 4.78 is 0. The highest BCUT2D eigenvalue weighted by Gasteiger charge is 2.37. The fourth-order valence-electron chi connectivity index (χ4n) is 3.88. The Morgan fingerprint density at radius 3 is 2.44 bits per heavy atom. The fraction of sp³-hybridized carbons (Fsp3) is 0.179. The molecule has 3 aromatic carbocycles. The lowest BCUT2D eigenvalue weighted by molar-refractivity contribution is -0.124. The number of benzene rings is 3. The van der Waals surface area contributed by atoms with Crippen LogP contribution in [0.25, 0.3) is 6.08 Å². The normalized spacial score (nSPS) is 15.1. The van der Waals surface area contributed by atoms with Gasteiger partial charge in [0, 0.05) is 11.8 Å². The smallest absolute Gasteiger partial charge is 0.251 e. The van der Waals surface area contributed by atoms with E-state index in [1.165, 1.54) is 11.0 Å². The van der Waals surface area contributed by atoms with Crippen molar-refractivity contribution in [1.29, 1.82) is 0 Å². The molecule has 1 aliphatic rings. The number of para-hydroxylation sites is 2. The lowest BCUT2D eigenvalue weighted by atomic mass is 10.0. The van der Waals surface area contributed by atoms with Gasteiger partial charge in [0.25, 0.3) is 5.91 Å². The van der Waals surface area contributed by atoms with Crippen LogP contribution in [-0.4, -0.2) is 23.8 Å². The Morgan fingerprint density at radius 1 is 0.971 bits per heavy atom. The number of carbonyl (C=O) groups is 3. The maximum Gasteiger partial charge on any atom is 0.251 e. The van der Waals surface area contributed by atoms with Crippen molar-refractivity contribution in [3.05, 3.63) is 95.1 Å². The molecule has 1 unspecified atom stereocenters. The van der Waals surface area contributed by atoms with E-state index in [2.05, 4.69) is 10.6 Å². The van der Waals surface area contributed by atoms with Crippen LogP contribution in [0, 0.1) is 20.8 Å². The van der Waals surface area contributed by atoms with E-state index >= 15 is 0 Å². The van der Waals surface area contributed by atoms with E-state index < -0.39 is 11.9 Å². The maximum atomic E-state index is 13.3. The van der Waals surface area contributed by atoms with Gasteiger partial charge < -0.3 is 10.6 Å². The van der Waals surface area contributed by atoms with Crippen LogP contribution in [0.15, 0.2) is 72.8 Å². The Morgan fingerprint density at radius 2 is 1.71 bits per heavy atom. The van der Waals surface area contributed by atoms with Crippen molar-refractivity contribution < 1.29 is 14.4 Å². The largest absolute Gasteiger partial charge is 0.326 e. The third kappa shape index (κ3) is 5.07. The van der Waals surface area contributed by atoms with Crippen molar-refractivity contribution in [1.82, 2.24) is 0 Å². The maximum absolute atomic E-state index is 13.3. The van der Waals surface area contributed by atoms with Crippen molar-refractivity contribution in [2.75, 3.05) is 15.5 Å². The van der Waals surface area contributed by atoms with Crippen LogP contribution in [0.4, 0.5) is 17.1 Å². The van der Waals surface area contributed by atoms with Crippen molar-refractivity contribution in [2.24, 2.45) is 0 Å². The van der Waals surface area contributed by atoms with Gasteiger partial charge in [-0.2, -0.15) is 0 Å². The van der Waals surface area contributed by atoms with Crippen LogP contribution < -0.4 is 15.5 Å². The van der Waals surface area contributed by atoms with Crippen LogP contribution in [0.5, 0.6) is 0 Å². The third-order valence-corrected chi connectivity index (χ3v) is 5.94. The molecule has 1 atom stereocenters. The molecule has 0 saturated heterocycles. The lowest BCUT2D eigenvalue weighted by Gasteiger charge is -2.35. The topological polar surface area (TPSA) is 78.5 Å². The zero-order chi connectivity index (χ0) is 24.2. The number of anilines is 3. The zero-order valence-corrected chi connectivity index (χ0v) is 19.5. The summed E-state index contributed by atoms with van der Waals surface area (Å²) in [5.74, 6) is -1.11. The Bertz CT molecular complexity index is 1280. The molecule has 6 nitrogen and oxygen atoms in total. The summed E-state index contributed by atoms with van der Waals surface area (Å²) in [5, 5.41) is 5.67. The van der Waals surface area contributed by atoms with E-state index in [9.17, 15) is 14.4 Å². The van der Waals surface area contributed by atoms with Crippen molar-refractivity contribution in [3.8, 4) is 0 Å². The number of hydrogen-bond donors (Lipinski definition) is 2. The van der Waals surface area contributed by atoms with Crippen molar-refractivity contribution in [3.63, 3.8) is 0 Å². The first-order valence-corrected chi connectivity index (χ1v) is 11.2. The Labute approximate surface area is 199 Å². The van der Waals surface area contributed by atoms with Gasteiger partial charge in [-0.25, -0.2) is 0 Å². The molecule has 0 fully saturated rings. The van der Waals surface area contributed by atoms with Gasteiger partial charge in [0.05, 0.1) is 17.8 Å². The number of rotatable bonds is 5. The summed E-state index contributed by atoms with van der Waals surface area (Å²) in [6.45, 7) is 5.96. The van der Waals surface area contributed by atoms with Crippen molar-refractivity contribution in [2.45, 2.75) is 33.2 Å². The minimum Gasteiger partial charge on any atom is -0.326 e. The summed E-state index contributed by atoms with van der Waals surface area (Å²) in [4.78, 5) is 40.5. The van der Waals surface area contributed by atoms with Gasteiger partial charge in [-0.15, -0.1) is 0 Å². The van der Waals surface area contributed by atoms with Crippen LogP contribution >= 0.6 is 0 Å². The van der Waals surface area contributed by atoms with Gasteiger partial charge in [-0.1, -0.05) is 48.0 Å². The first-order valence-electron chi connectivity index (χ1n) is 11.2. The molecule has 1 aliphatic heterocycles. The first-order chi connectivity index (χ1) is 16.3. The van der Waals surface area contributed by atoms with Gasteiger partial charge in [0.1, 0.15) is 6.04 Å². The molecule has 1 heterocycles. The zero-order valence-electron chi connectivity index (χ0n) is 19.5. The molecule has 2 N–H and O–H groups in total. The highest BCUT2D eigenvalue weighted by Crippen LogP contribution is 2.33. The number of fused-ring (bicyclic) bond motifs is 1. The third-order valence-electron chi connectivity index (χ3n) is 5.94. The summed E-state index contributed by atoms with van der Waals surface area (Å²) in [5.41, 5.74) is 5.93. The molecule has 4 rings (SSSR count). The van der Waals surface area contributed by atoms with Gasteiger partial charge in [-0.3, -0.25) is 19.3 Å². The predicted octanol–water partition coefficient (Wildman–Crippen LogP) is 5.01. The molecule has 0 aromatic heterocycles. The predicted molar refractivity (Wildman–Crippen MR) is 136 cm³/mol. The molecule has 0 saturated carbocycles. The number of nitrogens with zero attached hydrogens (tertiary/aromatic N) is 1. The van der Waals surface area contributed by atoms with E-state index in [4.69, 9.17) is 0 Å². The molecular formula is C28H27N3O3. The van der Waals surface area contributed by atoms with E-state index in [-0.39, 0.29) is 18.2 Å². The van der Waals surface area contributed by atoms with Crippen LogP contribution in [0.2, 0.25) is 0 Å². The Balaban J connectivity index is 1.59. The van der Waals surface area contributed by atoms with Crippen LogP contribution in [0.3, 0.4) is 0 Å². The Hall–Kier alpha value is -4.19. The molecule has 3 aromatic rings. The first kappa shape index (κ1) is 23.0. The molecule has 6 heteroatoms. The number of amides is 3. The average Bonchev–Trinajstić information content (AvgIpc) is 2.81. The SMILES string of the molecule is Cc1ccc(C=CC(=O)N2c3ccccc3NC(=O)C2CC(=O)Nc2ccc(C)c(C)c2)cc1. The van der Waals surface area contributed by atoms with Gasteiger partial charge in [0.2, 0.25) is 11.8 Å². The van der Waals surface area contributed by atoms with Gasteiger partial charge in [0.15, 0.2) is 0 Å². The standard InChI is InChI=1S/C28H27N3O3/c1-18-8-11-21(12-9-18)13-15-27(33)31-24-7-5-4-6-23(24)30-28(34)25(31)17-26(32)29-22-14-10-19(2)20(3)16-22/h4-16,25H,17H2,1-3H3,(H,29,32)(H,30,34). The highest BCUT2D eigenvalue weighted by atomic mass is 16.2. The average molecular weight is 454 g/mol.